The summed E-state index contributed by atoms with van der Waals surface area (Å²) < 4.78 is 6.41. The molecule has 1 aromatic carbocycles. The molecule has 0 saturated carbocycles. The molecule has 1 rings (SSSR count). The van der Waals surface area contributed by atoms with E-state index in [0.29, 0.717) is 13.2 Å². The van der Waals surface area contributed by atoms with E-state index < -0.39 is 6.10 Å². The number of aryl methyl sites for hydroxylation is 1. The highest BCUT2D eigenvalue weighted by Gasteiger charge is 2.05. The summed E-state index contributed by atoms with van der Waals surface area (Å²) in [7, 11) is 0. The van der Waals surface area contributed by atoms with Crippen LogP contribution in [0.25, 0.3) is 0 Å². The normalized spacial score (nSPS) is 12.4. The number of aliphatic hydroxyl groups is 1. The Morgan fingerprint density at radius 1 is 1.44 bits per heavy atom. The predicted octanol–water partition coefficient (Wildman–Crippen LogP) is 3.35. The van der Waals surface area contributed by atoms with E-state index in [-0.39, 0.29) is 0 Å². The van der Waals surface area contributed by atoms with Crippen LogP contribution in [0.4, 0.5) is 5.69 Å². The van der Waals surface area contributed by atoms with Crippen LogP contribution in [-0.4, -0.2) is 31.0 Å². The Morgan fingerprint density at radius 2 is 2.22 bits per heavy atom. The number of halogens is 1. The summed E-state index contributed by atoms with van der Waals surface area (Å²) >= 11 is 3.44. The van der Waals surface area contributed by atoms with Crippen LogP contribution in [0.15, 0.2) is 22.7 Å². The van der Waals surface area contributed by atoms with E-state index in [2.05, 4.69) is 28.2 Å². The first-order chi connectivity index (χ1) is 8.63. The molecule has 3 nitrogen and oxygen atoms in total. The molecule has 0 aliphatic heterocycles. The minimum absolute atomic E-state index is 0.389. The van der Waals surface area contributed by atoms with Gasteiger partial charge in [-0.1, -0.05) is 35.3 Å². The van der Waals surface area contributed by atoms with Gasteiger partial charge in [0.2, 0.25) is 0 Å². The highest BCUT2D eigenvalue weighted by Crippen LogP contribution is 2.20. The fraction of sp³-hybridized carbons (Fsp3) is 0.571. The van der Waals surface area contributed by atoms with Crippen molar-refractivity contribution >= 4 is 21.6 Å². The van der Waals surface area contributed by atoms with Crippen LogP contribution >= 0.6 is 15.9 Å². The molecule has 4 heteroatoms. The summed E-state index contributed by atoms with van der Waals surface area (Å²) in [4.78, 5) is 0. The quantitative estimate of drug-likeness (QED) is 0.723. The van der Waals surface area contributed by atoms with Crippen LogP contribution in [0.5, 0.6) is 0 Å². The van der Waals surface area contributed by atoms with E-state index in [9.17, 15) is 5.11 Å². The first-order valence-corrected chi connectivity index (χ1v) is 7.18. The molecule has 1 aromatic rings. The van der Waals surface area contributed by atoms with E-state index in [4.69, 9.17) is 4.74 Å². The molecule has 0 amide bonds. The minimum atomic E-state index is -0.472. The van der Waals surface area contributed by atoms with Crippen molar-refractivity contribution in [2.75, 3.05) is 25.1 Å². The molecule has 0 radical (unpaired) electrons. The lowest BCUT2D eigenvalue weighted by Gasteiger charge is -2.15. The van der Waals surface area contributed by atoms with Crippen LogP contribution in [-0.2, 0) is 4.74 Å². The third-order valence-electron chi connectivity index (χ3n) is 2.68. The van der Waals surface area contributed by atoms with E-state index in [1.165, 1.54) is 0 Å². The summed E-state index contributed by atoms with van der Waals surface area (Å²) in [6, 6.07) is 6.06. The fourth-order valence-electron chi connectivity index (χ4n) is 1.54. The number of hydrogen-bond acceptors (Lipinski definition) is 3. The summed E-state index contributed by atoms with van der Waals surface area (Å²) in [6.07, 6.45) is 1.69. The molecule has 0 aromatic heterocycles. The van der Waals surface area contributed by atoms with Crippen molar-refractivity contribution in [2.45, 2.75) is 32.8 Å². The van der Waals surface area contributed by atoms with Gasteiger partial charge < -0.3 is 15.2 Å². The molecule has 0 bridgehead atoms. The van der Waals surface area contributed by atoms with Gasteiger partial charge in [0.25, 0.3) is 0 Å². The number of aliphatic hydroxyl groups excluding tert-OH is 1. The number of ether oxygens (including phenoxy) is 1. The van der Waals surface area contributed by atoms with E-state index in [1.54, 1.807) is 0 Å². The Hall–Kier alpha value is -0.580. The topological polar surface area (TPSA) is 41.5 Å². The highest BCUT2D eigenvalue weighted by molar-refractivity contribution is 9.10. The maximum atomic E-state index is 9.77. The van der Waals surface area contributed by atoms with Crippen LogP contribution in [0.2, 0.25) is 0 Å². The SMILES string of the molecule is CCCCOCC(O)CNc1cc(Br)ccc1C. The number of benzene rings is 1. The number of nitrogens with one attached hydrogen (secondary N) is 1. The maximum Gasteiger partial charge on any atom is 0.0945 e. The Bertz CT molecular complexity index is 358. The van der Waals surface area contributed by atoms with Crippen molar-refractivity contribution in [2.24, 2.45) is 0 Å². The summed E-state index contributed by atoms with van der Waals surface area (Å²) in [5.74, 6) is 0. The Balaban J connectivity index is 2.29. The number of anilines is 1. The molecule has 1 atom stereocenters. The molecule has 2 N–H and O–H groups in total. The lowest BCUT2D eigenvalue weighted by atomic mass is 10.2. The first kappa shape index (κ1) is 15.5. The molecule has 0 aliphatic carbocycles. The summed E-state index contributed by atoms with van der Waals surface area (Å²) in [6.45, 7) is 5.78. The molecule has 0 fully saturated rings. The van der Waals surface area contributed by atoms with Crippen LogP contribution < -0.4 is 5.32 Å². The van der Waals surface area contributed by atoms with Crippen molar-refractivity contribution in [1.29, 1.82) is 0 Å². The highest BCUT2D eigenvalue weighted by atomic mass is 79.9. The van der Waals surface area contributed by atoms with Crippen molar-refractivity contribution in [3.05, 3.63) is 28.2 Å². The van der Waals surface area contributed by atoms with E-state index in [0.717, 1.165) is 35.2 Å². The van der Waals surface area contributed by atoms with Gasteiger partial charge in [-0.05, 0) is 31.0 Å². The average Bonchev–Trinajstić information content (AvgIpc) is 2.36. The smallest absolute Gasteiger partial charge is 0.0945 e. The fourth-order valence-corrected chi connectivity index (χ4v) is 1.90. The van der Waals surface area contributed by atoms with E-state index >= 15 is 0 Å². The molecule has 1 unspecified atom stereocenters. The Labute approximate surface area is 118 Å². The molecule has 18 heavy (non-hydrogen) atoms. The average molecular weight is 316 g/mol. The molecule has 0 saturated heterocycles. The molecular weight excluding hydrogens is 294 g/mol. The zero-order valence-electron chi connectivity index (χ0n) is 11.1. The van der Waals surface area contributed by atoms with Crippen molar-refractivity contribution < 1.29 is 9.84 Å². The first-order valence-electron chi connectivity index (χ1n) is 6.39. The lowest BCUT2D eigenvalue weighted by Crippen LogP contribution is -2.25. The third-order valence-corrected chi connectivity index (χ3v) is 3.17. The number of unbranched alkanes of at least 4 members (excludes halogenated alkanes) is 1. The van der Waals surface area contributed by atoms with Gasteiger partial charge in [0.1, 0.15) is 0 Å². The second-order valence-electron chi connectivity index (χ2n) is 4.42. The molecule has 0 aliphatic rings. The Morgan fingerprint density at radius 3 is 2.94 bits per heavy atom. The van der Waals surface area contributed by atoms with Gasteiger partial charge in [0.15, 0.2) is 0 Å². The largest absolute Gasteiger partial charge is 0.389 e. The van der Waals surface area contributed by atoms with Crippen LogP contribution in [0, 0.1) is 6.92 Å². The third kappa shape index (κ3) is 5.85. The van der Waals surface area contributed by atoms with Gasteiger partial charge >= 0.3 is 0 Å². The second kappa shape index (κ2) is 8.51. The summed E-state index contributed by atoms with van der Waals surface area (Å²) in [5, 5.41) is 13.0. The molecule has 102 valence electrons. The minimum Gasteiger partial charge on any atom is -0.389 e. The van der Waals surface area contributed by atoms with Gasteiger partial charge in [0.05, 0.1) is 12.7 Å². The number of rotatable bonds is 8. The van der Waals surface area contributed by atoms with Crippen molar-refractivity contribution in [3.63, 3.8) is 0 Å². The molecular formula is C14H22BrNO2. The maximum absolute atomic E-state index is 9.77. The van der Waals surface area contributed by atoms with Crippen molar-refractivity contribution in [1.82, 2.24) is 0 Å². The predicted molar refractivity (Wildman–Crippen MR) is 79.1 cm³/mol. The zero-order valence-corrected chi connectivity index (χ0v) is 12.7. The molecule has 0 heterocycles. The standard InChI is InChI=1S/C14H22BrNO2/c1-3-4-7-18-10-13(17)9-16-14-8-12(15)6-5-11(14)2/h5-6,8,13,16-17H,3-4,7,9-10H2,1-2H3. The van der Waals surface area contributed by atoms with Crippen LogP contribution in [0.3, 0.4) is 0 Å². The van der Waals surface area contributed by atoms with Gasteiger partial charge in [-0.15, -0.1) is 0 Å². The monoisotopic (exact) mass is 315 g/mol. The van der Waals surface area contributed by atoms with Gasteiger partial charge in [0, 0.05) is 23.3 Å². The van der Waals surface area contributed by atoms with Crippen LogP contribution in [0.1, 0.15) is 25.3 Å². The van der Waals surface area contributed by atoms with Gasteiger partial charge in [-0.3, -0.25) is 0 Å². The zero-order chi connectivity index (χ0) is 13.4. The Kier molecular flexibility index (Phi) is 7.32. The van der Waals surface area contributed by atoms with E-state index in [1.807, 2.05) is 25.1 Å². The number of hydrogen-bond donors (Lipinski definition) is 2. The van der Waals surface area contributed by atoms with Gasteiger partial charge in [-0.25, -0.2) is 0 Å². The summed E-state index contributed by atoms with van der Waals surface area (Å²) in [5.41, 5.74) is 2.20. The second-order valence-corrected chi connectivity index (χ2v) is 5.34. The van der Waals surface area contributed by atoms with Crippen molar-refractivity contribution in [3.8, 4) is 0 Å². The van der Waals surface area contributed by atoms with Gasteiger partial charge in [-0.2, -0.15) is 0 Å². The molecule has 0 spiro atoms. The lowest BCUT2D eigenvalue weighted by molar-refractivity contribution is 0.0421.